The van der Waals surface area contributed by atoms with Gasteiger partial charge in [-0.05, 0) is 49.4 Å². The minimum absolute atomic E-state index is 0.0673. The number of nitrogens with one attached hydrogen (secondary N) is 1. The summed E-state index contributed by atoms with van der Waals surface area (Å²) in [5, 5.41) is 3.92. The Bertz CT molecular complexity index is 1170. The van der Waals surface area contributed by atoms with E-state index in [9.17, 15) is 4.79 Å². The van der Waals surface area contributed by atoms with Crippen molar-refractivity contribution in [2.45, 2.75) is 26.7 Å². The average molecular weight is 364 g/mol. The molecule has 0 unspecified atom stereocenters. The monoisotopic (exact) mass is 364 g/mol. The van der Waals surface area contributed by atoms with E-state index >= 15 is 0 Å². The van der Waals surface area contributed by atoms with Crippen LogP contribution in [0.1, 0.15) is 29.8 Å². The molecule has 5 nitrogen and oxygen atoms in total. The number of pyridine rings is 3. The van der Waals surface area contributed by atoms with E-state index in [-0.39, 0.29) is 11.5 Å². The molecule has 0 aliphatic rings. The molecule has 4 aromatic heterocycles. The van der Waals surface area contributed by atoms with Gasteiger partial charge in [-0.2, -0.15) is 0 Å². The second-order valence-electron chi connectivity index (χ2n) is 6.64. The summed E-state index contributed by atoms with van der Waals surface area (Å²) in [4.78, 5) is 24.7. The van der Waals surface area contributed by atoms with Crippen molar-refractivity contribution >= 4 is 32.3 Å². The Balaban J connectivity index is 2.06. The molecule has 0 radical (unpaired) electrons. The minimum Gasteiger partial charge on any atom is -0.330 e. The van der Waals surface area contributed by atoms with Crippen LogP contribution >= 0.6 is 11.3 Å². The van der Waals surface area contributed by atoms with E-state index in [2.05, 4.69) is 27.9 Å². The van der Waals surface area contributed by atoms with Crippen LogP contribution in [-0.2, 0) is 0 Å². The Morgan fingerprint density at radius 3 is 2.73 bits per heavy atom. The Kier molecular flexibility index (Phi) is 4.09. The summed E-state index contributed by atoms with van der Waals surface area (Å²) in [6.45, 7) is 6.59. The molecule has 0 spiro atoms. The molecule has 4 rings (SSSR count). The molecule has 6 heteroatoms. The molecule has 132 valence electrons. The summed E-state index contributed by atoms with van der Waals surface area (Å²) in [6.07, 6.45) is 1.88. The predicted octanol–water partition coefficient (Wildman–Crippen LogP) is 3.88. The van der Waals surface area contributed by atoms with E-state index in [1.54, 1.807) is 0 Å². The molecule has 4 aromatic rings. The lowest BCUT2D eigenvalue weighted by atomic mass is 9.98. The number of rotatable bonds is 3. The van der Waals surface area contributed by atoms with Gasteiger partial charge in [0.25, 0.3) is 5.56 Å². The number of aromatic amines is 1. The molecule has 1 atom stereocenters. The number of thiophene rings is 1. The molecule has 0 amide bonds. The van der Waals surface area contributed by atoms with Crippen molar-refractivity contribution in [3.8, 4) is 11.3 Å². The summed E-state index contributed by atoms with van der Waals surface area (Å²) in [6, 6.07) is 6.09. The first-order chi connectivity index (χ1) is 12.5. The van der Waals surface area contributed by atoms with Gasteiger partial charge in [-0.25, -0.2) is 0 Å². The standard InChI is InChI=1S/C20H20N4OS/c1-10(8-21)13-4-5-15(22-9-13)16-11(2)23-12(3)18-17(16)14-6-7-26-19(14)20(25)24-18/h4-7,9-10H,8,21H2,1-3H3,(H,24,25)/t10-/m0/s1. The molecule has 0 aliphatic heterocycles. The highest BCUT2D eigenvalue weighted by Crippen LogP contribution is 2.36. The molecule has 0 aliphatic carbocycles. The molecule has 3 N–H and O–H groups in total. The highest BCUT2D eigenvalue weighted by atomic mass is 32.1. The third-order valence-electron chi connectivity index (χ3n) is 4.90. The molecule has 0 aromatic carbocycles. The van der Waals surface area contributed by atoms with Gasteiger partial charge in [0.15, 0.2) is 0 Å². The maximum Gasteiger partial charge on any atom is 0.266 e. The van der Waals surface area contributed by atoms with E-state index in [1.807, 2.05) is 37.6 Å². The SMILES string of the molecule is Cc1nc(C)c2[nH]c(=O)c3sccc3c2c1-c1ccc([C@@H](C)CN)cn1. The van der Waals surface area contributed by atoms with E-state index in [0.29, 0.717) is 6.54 Å². The van der Waals surface area contributed by atoms with E-state index < -0.39 is 0 Å². The van der Waals surface area contributed by atoms with Crippen LogP contribution in [0.4, 0.5) is 0 Å². The second-order valence-corrected chi connectivity index (χ2v) is 7.55. The highest BCUT2D eigenvalue weighted by molar-refractivity contribution is 7.17. The summed E-state index contributed by atoms with van der Waals surface area (Å²) < 4.78 is 0.733. The van der Waals surface area contributed by atoms with E-state index in [0.717, 1.165) is 49.2 Å². The van der Waals surface area contributed by atoms with Crippen LogP contribution in [0.25, 0.3) is 32.2 Å². The summed E-state index contributed by atoms with van der Waals surface area (Å²) in [5.74, 6) is 0.269. The van der Waals surface area contributed by atoms with Gasteiger partial charge in [-0.1, -0.05) is 13.0 Å². The third kappa shape index (κ3) is 2.53. The van der Waals surface area contributed by atoms with Crippen molar-refractivity contribution < 1.29 is 0 Å². The zero-order valence-corrected chi connectivity index (χ0v) is 15.8. The fourth-order valence-electron chi connectivity index (χ4n) is 3.42. The molecule has 0 saturated carbocycles. The third-order valence-corrected chi connectivity index (χ3v) is 5.82. The lowest BCUT2D eigenvalue weighted by Crippen LogP contribution is -2.09. The fourth-order valence-corrected chi connectivity index (χ4v) is 4.21. The molecular formula is C20H20N4OS. The average Bonchev–Trinajstić information content (AvgIpc) is 3.13. The van der Waals surface area contributed by atoms with Gasteiger partial charge in [0.2, 0.25) is 0 Å². The molecular weight excluding hydrogens is 344 g/mol. The van der Waals surface area contributed by atoms with Crippen molar-refractivity contribution in [1.82, 2.24) is 15.0 Å². The van der Waals surface area contributed by atoms with Gasteiger partial charge in [0, 0.05) is 28.2 Å². The second kappa shape index (κ2) is 6.30. The Morgan fingerprint density at radius 1 is 1.23 bits per heavy atom. The van der Waals surface area contributed by atoms with E-state index in [4.69, 9.17) is 5.73 Å². The first kappa shape index (κ1) is 16.9. The van der Waals surface area contributed by atoms with Crippen LogP contribution in [0.15, 0.2) is 34.6 Å². The Morgan fingerprint density at radius 2 is 2.04 bits per heavy atom. The number of H-pyrrole nitrogens is 1. The van der Waals surface area contributed by atoms with Crippen LogP contribution in [0.3, 0.4) is 0 Å². The van der Waals surface area contributed by atoms with Crippen molar-refractivity contribution in [3.63, 3.8) is 0 Å². The summed E-state index contributed by atoms with van der Waals surface area (Å²) in [5.41, 5.74) is 11.1. The zero-order valence-electron chi connectivity index (χ0n) is 15.0. The largest absolute Gasteiger partial charge is 0.330 e. The van der Waals surface area contributed by atoms with Crippen LogP contribution in [0, 0.1) is 13.8 Å². The van der Waals surface area contributed by atoms with Crippen LogP contribution in [0.2, 0.25) is 0 Å². The van der Waals surface area contributed by atoms with Crippen LogP contribution in [-0.4, -0.2) is 21.5 Å². The normalized spacial score (nSPS) is 12.8. The Hall–Kier alpha value is -2.57. The number of nitrogens with two attached hydrogens (primary N) is 1. The van der Waals surface area contributed by atoms with Crippen molar-refractivity contribution in [2.75, 3.05) is 6.54 Å². The maximum atomic E-state index is 12.4. The highest BCUT2D eigenvalue weighted by Gasteiger charge is 2.18. The maximum absolute atomic E-state index is 12.4. The van der Waals surface area contributed by atoms with Crippen molar-refractivity contribution in [1.29, 1.82) is 0 Å². The van der Waals surface area contributed by atoms with Crippen molar-refractivity contribution in [3.05, 3.63) is 57.1 Å². The zero-order chi connectivity index (χ0) is 18.4. The number of aromatic nitrogens is 3. The Labute approximate surface area is 154 Å². The van der Waals surface area contributed by atoms with Gasteiger partial charge in [-0.3, -0.25) is 14.8 Å². The molecule has 0 fully saturated rings. The van der Waals surface area contributed by atoms with Gasteiger partial charge in [0.1, 0.15) is 4.70 Å². The quantitative estimate of drug-likeness (QED) is 0.578. The van der Waals surface area contributed by atoms with Gasteiger partial charge in [0.05, 0.1) is 16.9 Å². The number of hydrogen-bond donors (Lipinski definition) is 2. The van der Waals surface area contributed by atoms with Gasteiger partial charge in [-0.15, -0.1) is 11.3 Å². The molecule has 0 bridgehead atoms. The van der Waals surface area contributed by atoms with Gasteiger partial charge < -0.3 is 10.7 Å². The van der Waals surface area contributed by atoms with E-state index in [1.165, 1.54) is 11.3 Å². The van der Waals surface area contributed by atoms with Crippen LogP contribution < -0.4 is 11.3 Å². The van der Waals surface area contributed by atoms with Crippen molar-refractivity contribution in [2.24, 2.45) is 5.73 Å². The first-order valence-corrected chi connectivity index (χ1v) is 9.46. The topological polar surface area (TPSA) is 84.7 Å². The summed E-state index contributed by atoms with van der Waals surface area (Å²) in [7, 11) is 0. The number of aryl methyl sites for hydroxylation is 2. The number of nitrogens with zero attached hydrogens (tertiary/aromatic N) is 2. The number of hydrogen-bond acceptors (Lipinski definition) is 5. The summed E-state index contributed by atoms with van der Waals surface area (Å²) >= 11 is 1.46. The lowest BCUT2D eigenvalue weighted by Gasteiger charge is -2.14. The first-order valence-electron chi connectivity index (χ1n) is 8.58. The molecule has 26 heavy (non-hydrogen) atoms. The minimum atomic E-state index is -0.0673. The fraction of sp³-hybridized carbons (Fsp3) is 0.250. The van der Waals surface area contributed by atoms with Gasteiger partial charge >= 0.3 is 0 Å². The van der Waals surface area contributed by atoms with Crippen LogP contribution in [0.5, 0.6) is 0 Å². The smallest absolute Gasteiger partial charge is 0.266 e. The predicted molar refractivity (Wildman–Crippen MR) is 108 cm³/mol. The lowest BCUT2D eigenvalue weighted by molar-refractivity contribution is 0.770. The molecule has 0 saturated heterocycles. The number of fused-ring (bicyclic) bond motifs is 3. The molecule has 4 heterocycles.